The number of thiophene rings is 1. The molecule has 24 rings (SSSR count). The van der Waals surface area contributed by atoms with Gasteiger partial charge in [0.25, 0.3) is 0 Å². The number of nitrogens with one attached hydrogen (secondary N) is 2. The molecule has 672 valence electrons. The van der Waals surface area contributed by atoms with E-state index in [1.807, 2.05) is 215 Å². The normalized spacial score (nSPS) is 9.41. The van der Waals surface area contributed by atoms with Gasteiger partial charge in [-0.25, -0.2) is 38.9 Å². The molecule has 0 saturated carbocycles. The van der Waals surface area contributed by atoms with Crippen molar-refractivity contribution in [2.45, 2.75) is 101 Å². The number of aliphatic imine (C=N–C) groups is 1. The van der Waals surface area contributed by atoms with Crippen LogP contribution in [0.4, 0.5) is 0 Å². The van der Waals surface area contributed by atoms with Crippen LogP contribution < -0.4 is 10.4 Å². The highest BCUT2D eigenvalue weighted by Crippen LogP contribution is 2.16. The number of aromatic nitrogens is 19. The molecule has 22 nitrogen and oxygen atoms in total. The van der Waals surface area contributed by atoms with E-state index in [9.17, 15) is 0 Å². The van der Waals surface area contributed by atoms with Gasteiger partial charge in [-0.2, -0.15) is 21.5 Å². The first-order valence-corrected chi connectivity index (χ1v) is 39.1. The van der Waals surface area contributed by atoms with Crippen molar-refractivity contribution in [3.05, 3.63) is 467 Å². The molecule has 18 heterocycles. The number of furan rings is 2. The van der Waals surface area contributed by atoms with E-state index in [0.717, 1.165) is 41.7 Å². The Morgan fingerprint density at radius 3 is 1.25 bits per heavy atom. The number of benzene rings is 4. The van der Waals surface area contributed by atoms with Gasteiger partial charge in [0, 0.05) is 178 Å². The Morgan fingerprint density at radius 1 is 0.320 bits per heavy atom. The topological polar surface area (TPSA) is 264 Å². The van der Waals surface area contributed by atoms with Crippen molar-refractivity contribution in [1.29, 1.82) is 0 Å². The second-order valence-corrected chi connectivity index (χ2v) is 24.9. The number of H-pyrrole nitrogens is 2. The number of allylic oxidation sites excluding steroid dienone is 5. The number of pyridine rings is 2. The number of nitrogens with zero attached hydrogens (tertiary/aromatic N) is 18. The molecule has 17 aromatic heterocycles. The third-order valence-corrected chi connectivity index (χ3v) is 16.2. The maximum atomic E-state index is 4.58. The van der Waals surface area contributed by atoms with E-state index < -0.39 is 0 Å². The molecule has 0 fully saturated rings. The molecule has 3 aliphatic rings. The van der Waals surface area contributed by atoms with Gasteiger partial charge in [0.15, 0.2) is 16.9 Å². The molecule has 0 bridgehead atoms. The monoisotopic (exact) mass is 1770 g/mol. The van der Waals surface area contributed by atoms with Crippen molar-refractivity contribution in [2.24, 2.45) is 4.99 Å². The smallest absolute Gasteiger partial charge is 0.155 e. The van der Waals surface area contributed by atoms with Crippen LogP contribution in [-0.2, 0) is 0 Å². The summed E-state index contributed by atoms with van der Waals surface area (Å²) in [5.74, 6) is 0. The first-order chi connectivity index (χ1) is 58.3. The van der Waals surface area contributed by atoms with Crippen LogP contribution in [0.3, 0.4) is 0 Å². The van der Waals surface area contributed by atoms with Crippen LogP contribution in [0.1, 0.15) is 101 Å². The summed E-state index contributed by atoms with van der Waals surface area (Å²) in [4.78, 5) is 56.2. The molecule has 0 radical (unpaired) electrons. The van der Waals surface area contributed by atoms with Crippen molar-refractivity contribution in [3.63, 3.8) is 0 Å². The third-order valence-electron chi connectivity index (χ3n) is 14.3. The number of para-hydroxylation sites is 3. The zero-order valence-electron chi connectivity index (χ0n) is 63.7. The Labute approximate surface area is 771 Å². The summed E-state index contributed by atoms with van der Waals surface area (Å²) in [5.41, 5.74) is 9.83. The zero-order valence-corrected chi connectivity index (χ0v) is 66.2. The molecule has 128 heavy (non-hydrogen) atoms. The molecular weight excluding hydrogens is 1650 g/mol. The second kappa shape index (κ2) is 81.4. The van der Waals surface area contributed by atoms with E-state index >= 15 is 0 Å². The third kappa shape index (κ3) is 53.6. The first-order valence-electron chi connectivity index (χ1n) is 36.4. The molecule has 0 amide bonds. The Kier molecular flexibility index (Phi) is 75.6. The second-order valence-electron chi connectivity index (χ2n) is 22.4. The Morgan fingerprint density at radius 2 is 0.836 bits per heavy atom. The van der Waals surface area contributed by atoms with Crippen LogP contribution in [-0.4, -0.2) is 99.6 Å². The fraction of sp³-hybridized carbons (Fsp3) is 0.136. The molecule has 2 N–H and O–H groups in total. The summed E-state index contributed by atoms with van der Waals surface area (Å²) in [6, 6.07) is 69.2. The molecule has 0 saturated heterocycles. The van der Waals surface area contributed by atoms with Gasteiger partial charge in [-0.1, -0.05) is 221 Å². The summed E-state index contributed by atoms with van der Waals surface area (Å²) in [6.07, 6.45) is 72.0. The van der Waals surface area contributed by atoms with Gasteiger partial charge in [-0.05, 0) is 154 Å². The highest BCUT2D eigenvalue weighted by atomic mass is 32.1. The lowest BCUT2D eigenvalue weighted by Crippen LogP contribution is -2.19. The fourth-order valence-corrected chi connectivity index (χ4v) is 10.5. The predicted octanol–water partition coefficient (Wildman–Crippen LogP) is 27.5. The van der Waals surface area contributed by atoms with Gasteiger partial charge in [-0.15, -0.1) is 22.7 Å². The number of aromatic amines is 2. The largest absolute Gasteiger partial charge is 0.473 e. The van der Waals surface area contributed by atoms with Gasteiger partial charge in [0.05, 0.1) is 58.7 Å². The average Bonchev–Trinajstić information content (AvgIpc) is 1.79. The summed E-state index contributed by atoms with van der Waals surface area (Å²) in [6.45, 7) is 0. The fourth-order valence-electron chi connectivity index (χ4n) is 8.97. The molecule has 4 aromatic carbocycles. The highest BCUT2D eigenvalue weighted by Gasteiger charge is 1.93. The minimum atomic E-state index is 0. The Hall–Kier alpha value is -15.3. The van der Waals surface area contributed by atoms with Gasteiger partial charge in [0.1, 0.15) is 6.33 Å². The quantitative estimate of drug-likeness (QED) is 0.143. The zero-order chi connectivity index (χ0) is 80.9. The van der Waals surface area contributed by atoms with Crippen LogP contribution in [0.5, 0.6) is 0 Å². The minimum Gasteiger partial charge on any atom is -0.473 e. The standard InChI is InChI=1S/C9H8.2C8H7N.C7H5NS.3C6H5N3.2C5H5N.C5H6.2C4H4N2.C4H5N.2C4H4O.C4H4S.C3H3NS.11CH4/c1-2-5-9-7-3-6-8(9)4-1;2*1-2-4-8-7(3-1)5-6-9-8;1-2-4-7-6(3-1)8-5-9-7;1-3-9-4-2-8-6(9)5-7-1;1-3-7-6-2-4-8-9(6)5-1;1-2-6-7-4-5-9(6)8-3-1;2*1-2-4-6-5-3-1;1-2-4-5-3-1;1-2-6-4-3-5-1;1-2-5-4-6-3-1;4*1-2-4-5-3-1;1-2-5-3-4-1;;;;;;;;;;;/h1-2,4-7H,3H2;2*1-6,9H;4*1-5H;2*1-5H;1-4H,5H2;2*1-4H;1,3-4H,2H2;3*1-4H;1-3H;11*1H4. The van der Waals surface area contributed by atoms with Gasteiger partial charge >= 0.3 is 0 Å². The van der Waals surface area contributed by atoms with Crippen molar-refractivity contribution < 1.29 is 8.83 Å². The molecular formula is C103H130N20O2S3. The number of fused-ring (bicyclic) bond motifs is 7. The lowest BCUT2D eigenvalue weighted by molar-refractivity contribution is 0.567. The maximum Gasteiger partial charge on any atom is 0.155 e. The molecule has 0 unspecified atom stereocenters. The number of thiazole rings is 2. The molecule has 1 aliphatic heterocycles. The van der Waals surface area contributed by atoms with E-state index in [2.05, 4.69) is 197 Å². The number of imidazole rings is 2. The molecule has 2 aliphatic carbocycles. The van der Waals surface area contributed by atoms with Crippen molar-refractivity contribution in [2.75, 3.05) is 0 Å². The number of hydrogen-bond donors (Lipinski definition) is 2. The van der Waals surface area contributed by atoms with Gasteiger partial charge in [-0.3, -0.25) is 34.9 Å². The molecule has 21 aromatic rings. The van der Waals surface area contributed by atoms with Crippen molar-refractivity contribution in [1.82, 2.24) is 93.4 Å². The number of rotatable bonds is 0. The molecule has 0 atom stereocenters. The Balaban J connectivity index is -0.000000638. The predicted molar refractivity (Wildman–Crippen MR) is 550 cm³/mol. The number of hydrogen-bond acceptors (Lipinski definition) is 20. The molecule has 0 spiro atoms. The van der Waals surface area contributed by atoms with Crippen molar-refractivity contribution in [3.8, 4) is 0 Å². The van der Waals surface area contributed by atoms with Crippen LogP contribution in [0, 0.1) is 0 Å². The van der Waals surface area contributed by atoms with Crippen molar-refractivity contribution >= 4 is 101 Å². The van der Waals surface area contributed by atoms with Crippen LogP contribution >= 0.6 is 34.0 Å². The Bertz CT molecular complexity index is 4830. The van der Waals surface area contributed by atoms with Gasteiger partial charge < -0.3 is 23.2 Å². The highest BCUT2D eigenvalue weighted by molar-refractivity contribution is 7.16. The van der Waals surface area contributed by atoms with Crippen LogP contribution in [0.25, 0.3) is 61.1 Å². The van der Waals surface area contributed by atoms with Gasteiger partial charge in [0.2, 0.25) is 0 Å². The summed E-state index contributed by atoms with van der Waals surface area (Å²) in [5, 5.41) is 19.3. The maximum absolute atomic E-state index is 4.58. The van der Waals surface area contributed by atoms with Crippen LogP contribution in [0.15, 0.2) is 470 Å². The summed E-state index contributed by atoms with van der Waals surface area (Å²) in [7, 11) is 0. The lowest BCUT2D eigenvalue weighted by Gasteiger charge is -1.86. The lowest BCUT2D eigenvalue weighted by atomic mass is 10.3. The minimum absolute atomic E-state index is 0. The van der Waals surface area contributed by atoms with E-state index in [1.165, 1.54) is 43.3 Å². The molecule has 25 heteroatoms. The van der Waals surface area contributed by atoms with E-state index in [4.69, 9.17) is 0 Å². The first kappa shape index (κ1) is 119. The van der Waals surface area contributed by atoms with Crippen LogP contribution in [0.2, 0.25) is 0 Å². The van der Waals surface area contributed by atoms with E-state index in [1.54, 1.807) is 197 Å². The summed E-state index contributed by atoms with van der Waals surface area (Å²) >= 11 is 4.99. The van der Waals surface area contributed by atoms with E-state index in [0.29, 0.717) is 0 Å². The van der Waals surface area contributed by atoms with E-state index in [-0.39, 0.29) is 81.7 Å². The summed E-state index contributed by atoms with van der Waals surface area (Å²) < 4.78 is 15.8. The average molecular weight is 1780 g/mol. The SMILES string of the molecule is C.C.C.C.C.C.C.C.C.C.C.C1=CCC=C1.C1=CN=CC1.C1=c2ccccc2=CC1.c1ccc2[nH]ccc2c1.c1ccc2[nH]ccc2c1.c1ccc2scnc2c1.c1ccncc1.c1ccncc1.c1ccoc1.c1ccoc1.c1ccsc1.c1cn2ccnc2cn1.c1cnc2ccnn2c1.c1cnccn1.c1cncnc1.c1cnn2ccnc2c1.c1cscn1.